The first-order valence-corrected chi connectivity index (χ1v) is 7.11. The first-order valence-electron chi connectivity index (χ1n) is 6.73. The zero-order valence-electron chi connectivity index (χ0n) is 11.2. The summed E-state index contributed by atoms with van der Waals surface area (Å²) in [5.41, 5.74) is 7.32. The predicted molar refractivity (Wildman–Crippen MR) is 78.6 cm³/mol. The van der Waals surface area contributed by atoms with E-state index in [0.717, 1.165) is 18.1 Å². The molecule has 0 radical (unpaired) electrons. The summed E-state index contributed by atoms with van der Waals surface area (Å²) >= 11 is 6.11. The van der Waals surface area contributed by atoms with Gasteiger partial charge in [-0.1, -0.05) is 11.6 Å². The molecule has 2 nitrogen and oxygen atoms in total. The monoisotopic (exact) mass is 309 g/mol. The van der Waals surface area contributed by atoms with Crippen LogP contribution in [0.15, 0.2) is 30.3 Å². The summed E-state index contributed by atoms with van der Waals surface area (Å²) in [5, 5.41) is 0.504. The van der Waals surface area contributed by atoms with Gasteiger partial charge < -0.3 is 10.5 Å². The molecule has 0 aromatic heterocycles. The van der Waals surface area contributed by atoms with Gasteiger partial charge in [-0.3, -0.25) is 0 Å². The van der Waals surface area contributed by atoms with Crippen LogP contribution in [0.4, 0.5) is 8.78 Å². The van der Waals surface area contributed by atoms with Crippen molar-refractivity contribution in [3.8, 4) is 16.9 Å². The molecule has 21 heavy (non-hydrogen) atoms. The second-order valence-corrected chi connectivity index (χ2v) is 5.52. The fourth-order valence-electron chi connectivity index (χ4n) is 2.65. The van der Waals surface area contributed by atoms with Crippen LogP contribution < -0.4 is 10.5 Å². The van der Waals surface area contributed by atoms with Gasteiger partial charge in [0.1, 0.15) is 23.5 Å². The Hall–Kier alpha value is -1.65. The van der Waals surface area contributed by atoms with Crippen LogP contribution in [0.25, 0.3) is 11.1 Å². The van der Waals surface area contributed by atoms with Gasteiger partial charge in [0, 0.05) is 28.6 Å². The van der Waals surface area contributed by atoms with Crippen LogP contribution in [0.5, 0.6) is 5.75 Å². The summed E-state index contributed by atoms with van der Waals surface area (Å²) in [6.45, 7) is 0.520. The average molecular weight is 310 g/mol. The Kier molecular flexibility index (Phi) is 3.83. The van der Waals surface area contributed by atoms with Gasteiger partial charge in [-0.15, -0.1) is 0 Å². The molecule has 2 aromatic carbocycles. The van der Waals surface area contributed by atoms with Gasteiger partial charge in [-0.25, -0.2) is 8.78 Å². The minimum atomic E-state index is -0.634. The molecule has 3 rings (SSSR count). The highest BCUT2D eigenvalue weighted by atomic mass is 35.5. The summed E-state index contributed by atoms with van der Waals surface area (Å²) in [7, 11) is 0. The number of rotatable bonds is 3. The maximum absolute atomic E-state index is 14.0. The lowest BCUT2D eigenvalue weighted by Gasteiger charge is -2.12. The Balaban J connectivity index is 2.08. The van der Waals surface area contributed by atoms with Crippen molar-refractivity contribution in [2.24, 2.45) is 5.73 Å². The van der Waals surface area contributed by atoms with E-state index in [0.29, 0.717) is 29.3 Å². The molecule has 0 spiro atoms. The van der Waals surface area contributed by atoms with Gasteiger partial charge >= 0.3 is 0 Å². The molecule has 0 fully saturated rings. The highest BCUT2D eigenvalue weighted by Gasteiger charge is 2.27. The Morgan fingerprint density at radius 3 is 2.71 bits per heavy atom. The molecule has 1 aliphatic rings. The van der Waals surface area contributed by atoms with E-state index in [2.05, 4.69) is 0 Å². The van der Waals surface area contributed by atoms with Gasteiger partial charge in [-0.2, -0.15) is 0 Å². The maximum Gasteiger partial charge on any atom is 0.134 e. The lowest BCUT2D eigenvalue weighted by Crippen LogP contribution is -2.17. The van der Waals surface area contributed by atoms with E-state index in [1.165, 1.54) is 12.1 Å². The van der Waals surface area contributed by atoms with Crippen molar-refractivity contribution in [3.05, 3.63) is 52.6 Å². The molecular formula is C16H14ClF2NO. The first-order chi connectivity index (χ1) is 10.1. The minimum absolute atomic E-state index is 0.0225. The lowest BCUT2D eigenvalue weighted by molar-refractivity contribution is 0.225. The van der Waals surface area contributed by atoms with Gasteiger partial charge in [0.2, 0.25) is 0 Å². The second-order valence-electron chi connectivity index (χ2n) is 5.09. The standard InChI is InChI=1S/C16H14ClF2NO/c17-10-5-9-6-12(3-4-20)21-16(9)14(7-10)13-2-1-11(18)8-15(13)19/h1-2,5,7-8,12H,3-4,6,20H2. The van der Waals surface area contributed by atoms with E-state index in [9.17, 15) is 8.78 Å². The second kappa shape index (κ2) is 5.62. The molecular weight excluding hydrogens is 296 g/mol. The minimum Gasteiger partial charge on any atom is -0.489 e. The SMILES string of the molecule is NCCC1Cc2cc(Cl)cc(-c3ccc(F)cc3F)c2O1. The van der Waals surface area contributed by atoms with Crippen LogP contribution in [0.1, 0.15) is 12.0 Å². The third-order valence-electron chi connectivity index (χ3n) is 3.57. The zero-order valence-corrected chi connectivity index (χ0v) is 12.0. The molecule has 0 saturated heterocycles. The normalized spacial score (nSPS) is 16.7. The number of fused-ring (bicyclic) bond motifs is 1. The number of halogens is 3. The fourth-order valence-corrected chi connectivity index (χ4v) is 2.89. The highest BCUT2D eigenvalue weighted by molar-refractivity contribution is 6.31. The van der Waals surface area contributed by atoms with Crippen molar-refractivity contribution in [2.75, 3.05) is 6.54 Å². The Morgan fingerprint density at radius 2 is 2.00 bits per heavy atom. The van der Waals surface area contributed by atoms with Gasteiger partial charge in [0.25, 0.3) is 0 Å². The van der Waals surface area contributed by atoms with Crippen LogP contribution in [0.3, 0.4) is 0 Å². The Bertz CT molecular complexity index is 690. The first kappa shape index (κ1) is 14.3. The van der Waals surface area contributed by atoms with Crippen molar-refractivity contribution < 1.29 is 13.5 Å². The average Bonchev–Trinajstić information content (AvgIpc) is 2.81. The number of benzene rings is 2. The molecule has 1 atom stereocenters. The number of nitrogens with two attached hydrogens (primary N) is 1. The maximum atomic E-state index is 14.0. The number of ether oxygens (including phenoxy) is 1. The highest BCUT2D eigenvalue weighted by Crippen LogP contribution is 2.42. The summed E-state index contributed by atoms with van der Waals surface area (Å²) < 4.78 is 33.0. The molecule has 110 valence electrons. The largest absolute Gasteiger partial charge is 0.489 e. The third kappa shape index (κ3) is 2.74. The molecule has 2 N–H and O–H groups in total. The van der Waals surface area contributed by atoms with Gasteiger partial charge in [-0.05, 0) is 42.8 Å². The van der Waals surface area contributed by atoms with Crippen LogP contribution in [-0.4, -0.2) is 12.6 Å². The topological polar surface area (TPSA) is 35.2 Å². The molecule has 0 saturated carbocycles. The molecule has 1 aliphatic heterocycles. The van der Waals surface area contributed by atoms with Crippen LogP contribution >= 0.6 is 11.6 Å². The zero-order chi connectivity index (χ0) is 15.0. The molecule has 5 heteroatoms. The molecule has 0 amide bonds. The number of hydrogen-bond donors (Lipinski definition) is 1. The van der Waals surface area contributed by atoms with E-state index in [4.69, 9.17) is 22.1 Å². The predicted octanol–water partition coefficient (Wildman–Crippen LogP) is 3.94. The molecule has 2 aromatic rings. The molecule has 0 bridgehead atoms. The van der Waals surface area contributed by atoms with Crippen molar-refractivity contribution in [2.45, 2.75) is 18.9 Å². The number of hydrogen-bond acceptors (Lipinski definition) is 2. The quantitative estimate of drug-likeness (QED) is 0.932. The Labute approximate surface area is 126 Å². The van der Waals surface area contributed by atoms with Crippen LogP contribution in [0, 0.1) is 11.6 Å². The van der Waals surface area contributed by atoms with E-state index >= 15 is 0 Å². The summed E-state index contributed by atoms with van der Waals surface area (Å²) in [6, 6.07) is 6.93. The van der Waals surface area contributed by atoms with Crippen molar-refractivity contribution in [1.82, 2.24) is 0 Å². The fraction of sp³-hybridized carbons (Fsp3) is 0.250. The van der Waals surface area contributed by atoms with E-state index in [1.54, 1.807) is 6.07 Å². The molecule has 1 heterocycles. The van der Waals surface area contributed by atoms with Crippen molar-refractivity contribution in [3.63, 3.8) is 0 Å². The van der Waals surface area contributed by atoms with E-state index in [1.807, 2.05) is 6.07 Å². The van der Waals surface area contributed by atoms with Crippen molar-refractivity contribution in [1.29, 1.82) is 0 Å². The van der Waals surface area contributed by atoms with E-state index in [-0.39, 0.29) is 11.7 Å². The van der Waals surface area contributed by atoms with Gasteiger partial charge in [0.05, 0.1) is 0 Å². The summed E-state index contributed by atoms with van der Waals surface area (Å²) in [4.78, 5) is 0. The van der Waals surface area contributed by atoms with Crippen LogP contribution in [-0.2, 0) is 6.42 Å². The summed E-state index contributed by atoms with van der Waals surface area (Å²) in [6.07, 6.45) is 1.39. The van der Waals surface area contributed by atoms with Gasteiger partial charge in [0.15, 0.2) is 0 Å². The van der Waals surface area contributed by atoms with Crippen molar-refractivity contribution >= 4 is 11.6 Å². The summed E-state index contributed by atoms with van der Waals surface area (Å²) in [5.74, 6) is -0.634. The third-order valence-corrected chi connectivity index (χ3v) is 3.79. The van der Waals surface area contributed by atoms with Crippen LogP contribution in [0.2, 0.25) is 5.02 Å². The Morgan fingerprint density at radius 1 is 1.19 bits per heavy atom. The lowest BCUT2D eigenvalue weighted by atomic mass is 9.99. The molecule has 0 aliphatic carbocycles. The smallest absolute Gasteiger partial charge is 0.134 e. The van der Waals surface area contributed by atoms with E-state index < -0.39 is 11.6 Å². The molecule has 1 unspecified atom stereocenters.